The number of hydrogen-bond acceptors (Lipinski definition) is 4. The summed E-state index contributed by atoms with van der Waals surface area (Å²) in [5.74, 6) is 2.54. The minimum Gasteiger partial charge on any atom is -0.384 e. The first-order valence-electron chi connectivity index (χ1n) is 9.50. The fourth-order valence-electron chi connectivity index (χ4n) is 4.27. The van der Waals surface area contributed by atoms with Gasteiger partial charge >= 0.3 is 0 Å². The first-order chi connectivity index (χ1) is 12.2. The summed E-state index contributed by atoms with van der Waals surface area (Å²) in [6.07, 6.45) is 5.86. The van der Waals surface area contributed by atoms with Crippen molar-refractivity contribution in [2.45, 2.75) is 51.0 Å². The number of methoxy groups -OCH3 is 1. The molecule has 2 aliphatic rings. The normalized spacial score (nSPS) is 23.8. The van der Waals surface area contributed by atoms with Crippen LogP contribution in [-0.2, 0) is 11.2 Å². The maximum absolute atomic E-state index is 5.22. The van der Waals surface area contributed by atoms with Gasteiger partial charge in [-0.25, -0.2) is 9.67 Å². The molecule has 0 aliphatic carbocycles. The average molecular weight is 340 g/mol. The number of piperidine rings is 1. The van der Waals surface area contributed by atoms with Gasteiger partial charge in [-0.2, -0.15) is 5.10 Å². The second-order valence-corrected chi connectivity index (χ2v) is 7.43. The minimum absolute atomic E-state index is 0.504. The zero-order valence-corrected chi connectivity index (χ0v) is 15.3. The maximum Gasteiger partial charge on any atom is 0.153 e. The van der Waals surface area contributed by atoms with E-state index in [0.717, 1.165) is 29.8 Å². The number of ether oxygens (including phenoxy) is 1. The van der Waals surface area contributed by atoms with Crippen LogP contribution in [0.15, 0.2) is 24.3 Å². The zero-order chi connectivity index (χ0) is 17.2. The van der Waals surface area contributed by atoms with Crippen LogP contribution < -0.4 is 0 Å². The largest absolute Gasteiger partial charge is 0.384 e. The molecule has 2 atom stereocenters. The Bertz CT molecular complexity index is 709. The van der Waals surface area contributed by atoms with Crippen LogP contribution in [0.2, 0.25) is 0 Å². The summed E-state index contributed by atoms with van der Waals surface area (Å²) in [5, 5.41) is 4.82. The van der Waals surface area contributed by atoms with Crippen molar-refractivity contribution < 1.29 is 4.74 Å². The van der Waals surface area contributed by atoms with Gasteiger partial charge in [-0.15, -0.1) is 0 Å². The van der Waals surface area contributed by atoms with E-state index in [9.17, 15) is 0 Å². The van der Waals surface area contributed by atoms with Crippen LogP contribution in [0, 0.1) is 6.92 Å². The molecule has 0 N–H and O–H groups in total. The second-order valence-electron chi connectivity index (χ2n) is 7.43. The molecule has 5 heteroatoms. The Morgan fingerprint density at radius 3 is 2.80 bits per heavy atom. The monoisotopic (exact) mass is 340 g/mol. The molecule has 2 unspecified atom stereocenters. The molecule has 2 saturated heterocycles. The Balaban J connectivity index is 1.64. The Morgan fingerprint density at radius 2 is 2.00 bits per heavy atom. The molecule has 5 nitrogen and oxygen atoms in total. The Hall–Kier alpha value is -1.72. The highest BCUT2D eigenvalue weighted by Gasteiger charge is 2.34. The van der Waals surface area contributed by atoms with Crippen molar-refractivity contribution in [3.63, 3.8) is 0 Å². The van der Waals surface area contributed by atoms with Crippen LogP contribution in [0.25, 0.3) is 5.69 Å². The molecule has 2 aromatic rings. The highest BCUT2D eigenvalue weighted by atomic mass is 16.5. The number of benzene rings is 1. The Labute approximate surface area is 150 Å². The predicted octanol–water partition coefficient (Wildman–Crippen LogP) is 3.11. The van der Waals surface area contributed by atoms with Crippen LogP contribution in [-0.4, -0.2) is 52.5 Å². The van der Waals surface area contributed by atoms with Gasteiger partial charge in [0.15, 0.2) is 5.82 Å². The Kier molecular flexibility index (Phi) is 4.86. The van der Waals surface area contributed by atoms with E-state index in [4.69, 9.17) is 14.8 Å². The van der Waals surface area contributed by atoms with Crippen LogP contribution >= 0.6 is 0 Å². The van der Waals surface area contributed by atoms with Crippen molar-refractivity contribution in [1.82, 2.24) is 19.7 Å². The lowest BCUT2D eigenvalue weighted by atomic mass is 9.90. The summed E-state index contributed by atoms with van der Waals surface area (Å²) in [4.78, 5) is 7.60. The first kappa shape index (κ1) is 16.7. The zero-order valence-electron chi connectivity index (χ0n) is 15.3. The van der Waals surface area contributed by atoms with E-state index < -0.39 is 0 Å². The molecule has 0 saturated carbocycles. The van der Waals surface area contributed by atoms with Crippen LogP contribution in [0.4, 0.5) is 0 Å². The smallest absolute Gasteiger partial charge is 0.153 e. The molecule has 4 rings (SSSR count). The van der Waals surface area contributed by atoms with Gasteiger partial charge in [-0.3, -0.25) is 0 Å². The lowest BCUT2D eigenvalue weighted by Gasteiger charge is -2.34. The summed E-state index contributed by atoms with van der Waals surface area (Å²) in [6, 6.07) is 9.34. The summed E-state index contributed by atoms with van der Waals surface area (Å²) in [7, 11) is 1.73. The van der Waals surface area contributed by atoms with Gasteiger partial charge in [-0.1, -0.05) is 17.7 Å². The topological polar surface area (TPSA) is 43.2 Å². The van der Waals surface area contributed by atoms with E-state index in [1.54, 1.807) is 7.11 Å². The Morgan fingerprint density at radius 1 is 1.16 bits per heavy atom. The van der Waals surface area contributed by atoms with Gasteiger partial charge in [0, 0.05) is 25.5 Å². The van der Waals surface area contributed by atoms with Crippen LogP contribution in [0.5, 0.6) is 0 Å². The van der Waals surface area contributed by atoms with Gasteiger partial charge in [0.2, 0.25) is 0 Å². The molecule has 0 amide bonds. The third-order valence-electron chi connectivity index (χ3n) is 5.67. The van der Waals surface area contributed by atoms with Crippen molar-refractivity contribution in [1.29, 1.82) is 0 Å². The van der Waals surface area contributed by atoms with Gasteiger partial charge in [-0.05, 0) is 57.8 Å². The lowest BCUT2D eigenvalue weighted by molar-refractivity contribution is 0.177. The molecular weight excluding hydrogens is 312 g/mol. The molecule has 2 fully saturated rings. The number of nitrogens with zero attached hydrogens (tertiary/aromatic N) is 4. The van der Waals surface area contributed by atoms with Crippen LogP contribution in [0.1, 0.15) is 48.8 Å². The lowest BCUT2D eigenvalue weighted by Crippen LogP contribution is -2.37. The first-order valence-corrected chi connectivity index (χ1v) is 9.50. The number of fused-ring (bicyclic) bond motifs is 1. The number of rotatable bonds is 5. The average Bonchev–Trinajstić information content (AvgIpc) is 3.26. The van der Waals surface area contributed by atoms with Crippen molar-refractivity contribution in [2.75, 3.05) is 26.8 Å². The standard InChI is InChI=1S/C20H28N4O/c1-15-5-7-17(8-6-15)24-20(21-19(22-24)10-13-25-2)16-9-12-23-11-3-4-18(23)14-16/h5-8,16,18H,3-4,9-14H2,1-2H3. The second kappa shape index (κ2) is 7.26. The number of aromatic nitrogens is 3. The maximum atomic E-state index is 5.22. The van der Waals surface area contributed by atoms with Crippen molar-refractivity contribution in [3.05, 3.63) is 41.5 Å². The van der Waals surface area contributed by atoms with Gasteiger partial charge in [0.25, 0.3) is 0 Å². The summed E-state index contributed by atoms with van der Waals surface area (Å²) in [5.41, 5.74) is 2.38. The highest BCUT2D eigenvalue weighted by Crippen LogP contribution is 2.36. The molecule has 0 radical (unpaired) electrons. The molecule has 0 spiro atoms. The molecule has 3 heterocycles. The predicted molar refractivity (Wildman–Crippen MR) is 98.2 cm³/mol. The third kappa shape index (κ3) is 3.48. The van der Waals surface area contributed by atoms with Gasteiger partial charge in [0.1, 0.15) is 5.82 Å². The van der Waals surface area contributed by atoms with Crippen molar-refractivity contribution >= 4 is 0 Å². The molecule has 1 aromatic heterocycles. The number of aryl methyl sites for hydroxylation is 1. The number of hydrogen-bond donors (Lipinski definition) is 0. The molecule has 2 aliphatic heterocycles. The van der Waals surface area contributed by atoms with Gasteiger partial charge in [0.05, 0.1) is 12.3 Å². The van der Waals surface area contributed by atoms with Crippen molar-refractivity contribution in [3.8, 4) is 5.69 Å². The van der Waals surface area contributed by atoms with Gasteiger partial charge < -0.3 is 9.64 Å². The third-order valence-corrected chi connectivity index (χ3v) is 5.67. The fourth-order valence-corrected chi connectivity index (χ4v) is 4.27. The molecule has 134 valence electrons. The van der Waals surface area contributed by atoms with Crippen molar-refractivity contribution in [2.24, 2.45) is 0 Å². The van der Waals surface area contributed by atoms with E-state index in [1.807, 2.05) is 0 Å². The molecule has 0 bridgehead atoms. The van der Waals surface area contributed by atoms with E-state index >= 15 is 0 Å². The molecular formula is C20H28N4O. The molecule has 1 aromatic carbocycles. The summed E-state index contributed by atoms with van der Waals surface area (Å²) in [6.45, 7) is 5.26. The fraction of sp³-hybridized carbons (Fsp3) is 0.600. The minimum atomic E-state index is 0.504. The highest BCUT2D eigenvalue weighted by molar-refractivity contribution is 5.35. The van der Waals surface area contributed by atoms with E-state index in [0.29, 0.717) is 12.5 Å². The summed E-state index contributed by atoms with van der Waals surface area (Å²) >= 11 is 0. The quantitative estimate of drug-likeness (QED) is 0.839. The van der Waals surface area contributed by atoms with Crippen LogP contribution in [0.3, 0.4) is 0 Å². The molecule has 25 heavy (non-hydrogen) atoms. The van der Waals surface area contributed by atoms with E-state index in [-0.39, 0.29) is 0 Å². The van der Waals surface area contributed by atoms with E-state index in [2.05, 4.69) is 40.8 Å². The summed E-state index contributed by atoms with van der Waals surface area (Å²) < 4.78 is 7.31. The van der Waals surface area contributed by atoms with E-state index in [1.165, 1.54) is 44.3 Å². The SMILES string of the molecule is COCCc1nc(C2CCN3CCCC3C2)n(-c2ccc(C)cc2)n1.